The topological polar surface area (TPSA) is 84.7 Å². The summed E-state index contributed by atoms with van der Waals surface area (Å²) in [6.07, 6.45) is -0.398. The summed E-state index contributed by atoms with van der Waals surface area (Å²) in [7, 11) is 0. The molecule has 1 aliphatic rings. The summed E-state index contributed by atoms with van der Waals surface area (Å²) in [6.45, 7) is 10.4. The molecule has 122 valence electrons. The first-order chi connectivity index (χ1) is 10.1. The van der Waals surface area contributed by atoms with Gasteiger partial charge in [0.05, 0.1) is 12.2 Å². The highest BCUT2D eigenvalue weighted by molar-refractivity contribution is 5.87. The smallest absolute Gasteiger partial charge is 0.410 e. The molecule has 0 aliphatic carbocycles. The van der Waals surface area contributed by atoms with E-state index in [-0.39, 0.29) is 18.2 Å². The molecule has 1 N–H and O–H groups in total. The quantitative estimate of drug-likeness (QED) is 0.907. The summed E-state index contributed by atoms with van der Waals surface area (Å²) in [5, 5.41) is 9.42. The molecule has 2 rings (SSSR count). The molecule has 1 aromatic heterocycles. The van der Waals surface area contributed by atoms with Crippen LogP contribution in [0.4, 0.5) is 4.79 Å². The zero-order valence-corrected chi connectivity index (χ0v) is 13.7. The number of carbonyl (C=O) groups is 2. The standard InChI is InChI=1S/C15H23N3O4/c1-9(2)11-12(13(19)20)18-7-6-17(8-10(18)16-11)14(21)22-15(3,4)5/h9H,6-8H2,1-5H3,(H,19,20). The van der Waals surface area contributed by atoms with Crippen molar-refractivity contribution in [1.29, 1.82) is 0 Å². The summed E-state index contributed by atoms with van der Waals surface area (Å²) < 4.78 is 7.05. The molecule has 0 atom stereocenters. The van der Waals surface area contributed by atoms with Crippen molar-refractivity contribution in [3.63, 3.8) is 0 Å². The fourth-order valence-electron chi connectivity index (χ4n) is 2.46. The highest BCUT2D eigenvalue weighted by Crippen LogP contribution is 2.24. The van der Waals surface area contributed by atoms with Crippen molar-refractivity contribution in [2.45, 2.75) is 59.2 Å². The van der Waals surface area contributed by atoms with Gasteiger partial charge in [0.1, 0.15) is 11.4 Å². The fourth-order valence-corrected chi connectivity index (χ4v) is 2.46. The number of rotatable bonds is 2. The summed E-state index contributed by atoms with van der Waals surface area (Å²) in [5.41, 5.74) is 0.238. The third-order valence-corrected chi connectivity index (χ3v) is 3.40. The Morgan fingerprint density at radius 3 is 2.41 bits per heavy atom. The van der Waals surface area contributed by atoms with E-state index in [0.29, 0.717) is 24.6 Å². The molecular weight excluding hydrogens is 286 g/mol. The molecule has 0 bridgehead atoms. The molecule has 0 unspecified atom stereocenters. The Morgan fingerprint density at radius 1 is 1.27 bits per heavy atom. The van der Waals surface area contributed by atoms with Gasteiger partial charge in [-0.05, 0) is 26.7 Å². The lowest BCUT2D eigenvalue weighted by Crippen LogP contribution is -2.42. The number of carboxylic acid groups (broad SMARTS) is 1. The molecule has 7 heteroatoms. The zero-order valence-electron chi connectivity index (χ0n) is 13.7. The summed E-state index contributed by atoms with van der Waals surface area (Å²) >= 11 is 0. The number of nitrogens with zero attached hydrogens (tertiary/aromatic N) is 3. The number of hydrogen-bond acceptors (Lipinski definition) is 4. The third-order valence-electron chi connectivity index (χ3n) is 3.40. The van der Waals surface area contributed by atoms with E-state index in [9.17, 15) is 14.7 Å². The number of aromatic nitrogens is 2. The van der Waals surface area contributed by atoms with Gasteiger partial charge in [0.15, 0.2) is 5.69 Å². The second-order valence-electron chi connectivity index (χ2n) is 6.78. The molecule has 1 aromatic rings. The molecule has 0 fully saturated rings. The van der Waals surface area contributed by atoms with Crippen LogP contribution in [-0.4, -0.2) is 43.8 Å². The van der Waals surface area contributed by atoms with E-state index in [1.165, 1.54) is 0 Å². The van der Waals surface area contributed by atoms with E-state index in [1.807, 2.05) is 34.6 Å². The lowest BCUT2D eigenvalue weighted by molar-refractivity contribution is 0.0194. The fraction of sp³-hybridized carbons (Fsp3) is 0.667. The molecule has 0 aromatic carbocycles. The van der Waals surface area contributed by atoms with Gasteiger partial charge in [-0.25, -0.2) is 14.6 Å². The summed E-state index contributed by atoms with van der Waals surface area (Å²) in [4.78, 5) is 29.6. The predicted molar refractivity (Wildman–Crippen MR) is 79.9 cm³/mol. The molecule has 7 nitrogen and oxygen atoms in total. The first-order valence-electron chi connectivity index (χ1n) is 7.40. The average Bonchev–Trinajstić information content (AvgIpc) is 2.74. The van der Waals surface area contributed by atoms with E-state index < -0.39 is 17.7 Å². The first kappa shape index (κ1) is 16.3. The maximum absolute atomic E-state index is 12.1. The van der Waals surface area contributed by atoms with Crippen LogP contribution >= 0.6 is 0 Å². The summed E-state index contributed by atoms with van der Waals surface area (Å²) in [5.74, 6) is -0.370. The maximum Gasteiger partial charge on any atom is 0.410 e. The Bertz CT molecular complexity index is 599. The number of carbonyl (C=O) groups excluding carboxylic acids is 1. The second-order valence-corrected chi connectivity index (χ2v) is 6.78. The van der Waals surface area contributed by atoms with Gasteiger partial charge >= 0.3 is 12.1 Å². The minimum atomic E-state index is -0.979. The van der Waals surface area contributed by atoms with Crippen LogP contribution in [0.1, 0.15) is 62.5 Å². The monoisotopic (exact) mass is 309 g/mol. The molecule has 1 amide bonds. The maximum atomic E-state index is 12.1. The highest BCUT2D eigenvalue weighted by Gasteiger charge is 2.31. The minimum absolute atomic E-state index is 0.0131. The largest absolute Gasteiger partial charge is 0.477 e. The highest BCUT2D eigenvalue weighted by atomic mass is 16.6. The Kier molecular flexibility index (Phi) is 4.17. The predicted octanol–water partition coefficient (Wildman–Crippen LogP) is 2.46. The van der Waals surface area contributed by atoms with Gasteiger partial charge in [-0.2, -0.15) is 0 Å². The van der Waals surface area contributed by atoms with Gasteiger partial charge < -0.3 is 14.4 Å². The molecule has 0 saturated heterocycles. The summed E-state index contributed by atoms with van der Waals surface area (Å²) in [6, 6.07) is 0. The van der Waals surface area contributed by atoms with Crippen LogP contribution in [0.5, 0.6) is 0 Å². The van der Waals surface area contributed by atoms with Crippen molar-refractivity contribution in [3.05, 3.63) is 17.2 Å². The van der Waals surface area contributed by atoms with Crippen LogP contribution in [0, 0.1) is 0 Å². The first-order valence-corrected chi connectivity index (χ1v) is 7.40. The van der Waals surface area contributed by atoms with E-state index in [1.54, 1.807) is 9.47 Å². The van der Waals surface area contributed by atoms with Gasteiger partial charge in [0, 0.05) is 13.1 Å². The van der Waals surface area contributed by atoms with E-state index >= 15 is 0 Å². The minimum Gasteiger partial charge on any atom is -0.477 e. The van der Waals surface area contributed by atoms with Gasteiger partial charge in [-0.1, -0.05) is 13.8 Å². The Labute approximate surface area is 129 Å². The molecule has 0 spiro atoms. The van der Waals surface area contributed by atoms with Crippen molar-refractivity contribution in [3.8, 4) is 0 Å². The molecule has 2 heterocycles. The van der Waals surface area contributed by atoms with Crippen LogP contribution in [0.2, 0.25) is 0 Å². The number of ether oxygens (including phenoxy) is 1. The number of amides is 1. The van der Waals surface area contributed by atoms with Crippen molar-refractivity contribution in [2.24, 2.45) is 0 Å². The molecule has 0 saturated carbocycles. The van der Waals surface area contributed by atoms with Crippen molar-refractivity contribution in [2.75, 3.05) is 6.54 Å². The van der Waals surface area contributed by atoms with Gasteiger partial charge in [-0.3, -0.25) is 4.90 Å². The molecule has 22 heavy (non-hydrogen) atoms. The van der Waals surface area contributed by atoms with Crippen LogP contribution in [0.15, 0.2) is 0 Å². The Balaban J connectivity index is 2.26. The van der Waals surface area contributed by atoms with Crippen LogP contribution in [0.25, 0.3) is 0 Å². The van der Waals surface area contributed by atoms with Crippen molar-refractivity contribution in [1.82, 2.24) is 14.5 Å². The number of imidazole rings is 1. The van der Waals surface area contributed by atoms with Gasteiger partial charge in [0.2, 0.25) is 0 Å². The van der Waals surface area contributed by atoms with Crippen LogP contribution in [-0.2, 0) is 17.8 Å². The zero-order chi connectivity index (χ0) is 16.7. The van der Waals surface area contributed by atoms with Gasteiger partial charge in [-0.15, -0.1) is 0 Å². The lowest BCUT2D eigenvalue weighted by atomic mass is 10.1. The molecule has 1 aliphatic heterocycles. The SMILES string of the molecule is CC(C)c1nc2n(c1C(=O)O)CCN(C(=O)OC(C)(C)C)C2. The van der Waals surface area contributed by atoms with E-state index in [4.69, 9.17) is 4.74 Å². The van der Waals surface area contributed by atoms with E-state index in [2.05, 4.69) is 4.98 Å². The number of aromatic carboxylic acids is 1. The lowest BCUT2D eigenvalue weighted by Gasteiger charge is -2.30. The van der Waals surface area contributed by atoms with Gasteiger partial charge in [0.25, 0.3) is 0 Å². The van der Waals surface area contributed by atoms with Crippen molar-refractivity contribution < 1.29 is 19.4 Å². The number of fused-ring (bicyclic) bond motifs is 1. The van der Waals surface area contributed by atoms with Crippen LogP contribution in [0.3, 0.4) is 0 Å². The molecule has 0 radical (unpaired) electrons. The van der Waals surface area contributed by atoms with E-state index in [0.717, 1.165) is 0 Å². The Hall–Kier alpha value is -2.05. The Morgan fingerprint density at radius 2 is 1.91 bits per heavy atom. The molecular formula is C15H23N3O4. The third kappa shape index (κ3) is 3.23. The second kappa shape index (κ2) is 5.62. The number of carboxylic acids is 1. The van der Waals surface area contributed by atoms with Crippen molar-refractivity contribution >= 4 is 12.1 Å². The number of hydrogen-bond donors (Lipinski definition) is 1. The normalized spacial score (nSPS) is 14.9. The average molecular weight is 309 g/mol. The van der Waals surface area contributed by atoms with Crippen LogP contribution < -0.4 is 0 Å².